The molecule has 4 heteroatoms. The standard InChI is InChI=1S/C16H12N2OS/c1-9-10(2)20-15-14(9)13-7-11-5-3-4-6-12(11)16(19)18(13)8-17-15/h3-8H,1-2H3. The highest BCUT2D eigenvalue weighted by Gasteiger charge is 2.12. The number of aromatic nitrogens is 2. The first-order valence-corrected chi connectivity index (χ1v) is 7.27. The molecule has 3 nitrogen and oxygen atoms in total. The van der Waals surface area contributed by atoms with Crippen molar-refractivity contribution in [2.24, 2.45) is 0 Å². The van der Waals surface area contributed by atoms with Crippen LogP contribution in [0.15, 0.2) is 41.5 Å². The van der Waals surface area contributed by atoms with E-state index in [1.165, 1.54) is 10.4 Å². The van der Waals surface area contributed by atoms with Crippen molar-refractivity contribution >= 4 is 37.8 Å². The average molecular weight is 280 g/mol. The number of nitrogens with zero attached hydrogens (tertiary/aromatic N) is 2. The number of hydrogen-bond acceptors (Lipinski definition) is 3. The molecule has 0 unspecified atom stereocenters. The van der Waals surface area contributed by atoms with Crippen LogP contribution < -0.4 is 5.56 Å². The van der Waals surface area contributed by atoms with E-state index in [0.29, 0.717) is 0 Å². The van der Waals surface area contributed by atoms with Crippen molar-refractivity contribution in [3.63, 3.8) is 0 Å². The lowest BCUT2D eigenvalue weighted by Crippen LogP contribution is -2.14. The quantitative estimate of drug-likeness (QED) is 0.460. The SMILES string of the molecule is Cc1sc2ncn3c(=O)c4ccccc4cc3c2c1C. The highest BCUT2D eigenvalue weighted by molar-refractivity contribution is 7.18. The minimum atomic E-state index is -0.00393. The zero-order valence-electron chi connectivity index (χ0n) is 11.2. The Bertz CT molecular complexity index is 1040. The molecule has 0 aliphatic heterocycles. The highest BCUT2D eigenvalue weighted by atomic mass is 32.1. The average Bonchev–Trinajstić information content (AvgIpc) is 2.75. The van der Waals surface area contributed by atoms with Gasteiger partial charge in [-0.2, -0.15) is 0 Å². The number of rotatable bonds is 0. The minimum absolute atomic E-state index is 0.00393. The van der Waals surface area contributed by atoms with Gasteiger partial charge in [-0.3, -0.25) is 9.20 Å². The Morgan fingerprint density at radius 2 is 2.00 bits per heavy atom. The van der Waals surface area contributed by atoms with E-state index in [1.54, 1.807) is 22.1 Å². The van der Waals surface area contributed by atoms with Gasteiger partial charge in [-0.15, -0.1) is 11.3 Å². The highest BCUT2D eigenvalue weighted by Crippen LogP contribution is 2.31. The molecule has 0 atom stereocenters. The van der Waals surface area contributed by atoms with E-state index in [4.69, 9.17) is 0 Å². The first kappa shape index (κ1) is 11.6. The topological polar surface area (TPSA) is 34.4 Å². The summed E-state index contributed by atoms with van der Waals surface area (Å²) in [4.78, 5) is 19.3. The van der Waals surface area contributed by atoms with Crippen molar-refractivity contribution in [3.8, 4) is 0 Å². The molecular weight excluding hydrogens is 268 g/mol. The van der Waals surface area contributed by atoms with Crippen LogP contribution in [-0.2, 0) is 0 Å². The third-order valence-electron chi connectivity index (χ3n) is 3.88. The number of fused-ring (bicyclic) bond motifs is 4. The second-order valence-electron chi connectivity index (χ2n) is 5.00. The normalized spacial score (nSPS) is 11.7. The van der Waals surface area contributed by atoms with Crippen molar-refractivity contribution in [2.45, 2.75) is 13.8 Å². The smallest absolute Gasteiger partial charge is 0.264 e. The molecule has 3 heterocycles. The van der Waals surface area contributed by atoms with Gasteiger partial charge >= 0.3 is 0 Å². The molecule has 0 aliphatic carbocycles. The van der Waals surface area contributed by atoms with Crippen LogP contribution in [0, 0.1) is 13.8 Å². The van der Waals surface area contributed by atoms with Gasteiger partial charge in [0.1, 0.15) is 11.2 Å². The maximum atomic E-state index is 12.6. The molecule has 3 aromatic heterocycles. The summed E-state index contributed by atoms with van der Waals surface area (Å²) in [7, 11) is 0. The van der Waals surface area contributed by atoms with Crippen LogP contribution in [0.1, 0.15) is 10.4 Å². The fraction of sp³-hybridized carbons (Fsp3) is 0.125. The monoisotopic (exact) mass is 280 g/mol. The van der Waals surface area contributed by atoms with Gasteiger partial charge in [0, 0.05) is 15.6 Å². The number of aryl methyl sites for hydroxylation is 2. The Kier molecular flexibility index (Phi) is 2.26. The van der Waals surface area contributed by atoms with Crippen molar-refractivity contribution < 1.29 is 0 Å². The van der Waals surface area contributed by atoms with E-state index in [0.717, 1.165) is 26.5 Å². The largest absolute Gasteiger partial charge is 0.268 e. The molecule has 0 aliphatic rings. The van der Waals surface area contributed by atoms with Crippen molar-refractivity contribution in [2.75, 3.05) is 0 Å². The third kappa shape index (κ3) is 1.40. The zero-order valence-corrected chi connectivity index (χ0v) is 12.0. The van der Waals surface area contributed by atoms with E-state index in [-0.39, 0.29) is 5.56 Å². The van der Waals surface area contributed by atoms with Crippen LogP contribution in [0.2, 0.25) is 0 Å². The van der Waals surface area contributed by atoms with Crippen LogP contribution >= 0.6 is 11.3 Å². The van der Waals surface area contributed by atoms with Crippen LogP contribution in [0.25, 0.3) is 26.5 Å². The van der Waals surface area contributed by atoms with Gasteiger partial charge < -0.3 is 0 Å². The van der Waals surface area contributed by atoms with Crippen LogP contribution in [0.4, 0.5) is 0 Å². The molecule has 1 aromatic carbocycles. The first-order chi connectivity index (χ1) is 9.66. The van der Waals surface area contributed by atoms with E-state index < -0.39 is 0 Å². The summed E-state index contributed by atoms with van der Waals surface area (Å²) >= 11 is 1.68. The lowest BCUT2D eigenvalue weighted by molar-refractivity contribution is 1.07. The molecule has 0 fully saturated rings. The van der Waals surface area contributed by atoms with Crippen molar-refractivity contribution in [3.05, 3.63) is 57.5 Å². The molecule has 4 rings (SSSR count). The summed E-state index contributed by atoms with van der Waals surface area (Å²) in [5.41, 5.74) is 2.15. The van der Waals surface area contributed by atoms with Crippen LogP contribution in [0.5, 0.6) is 0 Å². The summed E-state index contributed by atoms with van der Waals surface area (Å²) < 4.78 is 1.66. The van der Waals surface area contributed by atoms with Crippen molar-refractivity contribution in [1.82, 2.24) is 9.38 Å². The molecule has 0 N–H and O–H groups in total. The summed E-state index contributed by atoms with van der Waals surface area (Å²) in [5, 5.41) is 2.81. The van der Waals surface area contributed by atoms with Gasteiger partial charge in [0.2, 0.25) is 0 Å². The lowest BCUT2D eigenvalue weighted by Gasteiger charge is -2.05. The fourth-order valence-corrected chi connectivity index (χ4v) is 3.70. The Morgan fingerprint density at radius 1 is 1.20 bits per heavy atom. The molecule has 0 amide bonds. The maximum absolute atomic E-state index is 12.6. The Balaban J connectivity index is 2.37. The van der Waals surface area contributed by atoms with Crippen molar-refractivity contribution in [1.29, 1.82) is 0 Å². The molecular formula is C16H12N2OS. The second-order valence-corrected chi connectivity index (χ2v) is 6.20. The molecule has 98 valence electrons. The minimum Gasteiger partial charge on any atom is -0.268 e. The predicted octanol–water partition coefficient (Wildman–Crippen LogP) is 3.68. The number of benzene rings is 1. The van der Waals surface area contributed by atoms with Crippen LogP contribution in [0.3, 0.4) is 0 Å². The zero-order chi connectivity index (χ0) is 13.9. The van der Waals surface area contributed by atoms with E-state index >= 15 is 0 Å². The van der Waals surface area contributed by atoms with Gasteiger partial charge in [-0.05, 0) is 36.9 Å². The Morgan fingerprint density at radius 3 is 2.85 bits per heavy atom. The van der Waals surface area contributed by atoms with Crippen LogP contribution in [-0.4, -0.2) is 9.38 Å². The van der Waals surface area contributed by atoms with Gasteiger partial charge in [0.05, 0.1) is 5.52 Å². The third-order valence-corrected chi connectivity index (χ3v) is 4.99. The molecule has 0 saturated heterocycles. The predicted molar refractivity (Wildman–Crippen MR) is 83.8 cm³/mol. The molecule has 0 radical (unpaired) electrons. The molecule has 0 spiro atoms. The summed E-state index contributed by atoms with van der Waals surface area (Å²) in [6.45, 7) is 4.19. The molecule has 4 aromatic rings. The Hall–Kier alpha value is -2.20. The summed E-state index contributed by atoms with van der Waals surface area (Å²) in [5.74, 6) is 0. The second kappa shape index (κ2) is 3.90. The molecule has 20 heavy (non-hydrogen) atoms. The summed E-state index contributed by atoms with van der Waals surface area (Å²) in [6, 6.07) is 9.78. The van der Waals surface area contributed by atoms with E-state index in [1.807, 2.05) is 24.3 Å². The molecule has 0 bridgehead atoms. The summed E-state index contributed by atoms with van der Waals surface area (Å²) in [6.07, 6.45) is 1.64. The van der Waals surface area contributed by atoms with Gasteiger partial charge in [0.25, 0.3) is 5.56 Å². The molecule has 0 saturated carbocycles. The van der Waals surface area contributed by atoms with E-state index in [9.17, 15) is 4.79 Å². The van der Waals surface area contributed by atoms with E-state index in [2.05, 4.69) is 24.9 Å². The van der Waals surface area contributed by atoms with Gasteiger partial charge in [-0.1, -0.05) is 18.2 Å². The first-order valence-electron chi connectivity index (χ1n) is 6.45. The van der Waals surface area contributed by atoms with Gasteiger partial charge in [-0.25, -0.2) is 4.98 Å². The Labute approximate surface area is 119 Å². The number of pyridine rings is 1. The van der Waals surface area contributed by atoms with Gasteiger partial charge in [0.15, 0.2) is 0 Å². The lowest BCUT2D eigenvalue weighted by atomic mass is 10.1. The number of thiophene rings is 1. The number of hydrogen-bond donors (Lipinski definition) is 0. The maximum Gasteiger partial charge on any atom is 0.264 e. The fourth-order valence-electron chi connectivity index (χ4n) is 2.69.